The highest BCUT2D eigenvalue weighted by Crippen LogP contribution is 2.34. The van der Waals surface area contributed by atoms with Gasteiger partial charge in [-0.2, -0.15) is 4.98 Å². The van der Waals surface area contributed by atoms with Crippen molar-refractivity contribution in [3.8, 4) is 0 Å². The van der Waals surface area contributed by atoms with Crippen molar-refractivity contribution in [3.63, 3.8) is 0 Å². The fourth-order valence-corrected chi connectivity index (χ4v) is 1.99. The van der Waals surface area contributed by atoms with Crippen LogP contribution in [0, 0.1) is 0 Å². The molecule has 1 fully saturated rings. The van der Waals surface area contributed by atoms with Gasteiger partial charge in [-0.3, -0.25) is 9.30 Å². The standard InChI is InChI=1S/C10H12F3N3O5/c11-10(12,13)21-7-6(18)4(3-17)20-8(7)16-2-1-5(14)15-9(16)19/h1-2,4,6-8,17-18H,3H2,(H2,14,15,19)/t4-,6?,7?,8-/m1/s1. The lowest BCUT2D eigenvalue weighted by atomic mass is 10.1. The minimum absolute atomic E-state index is 0.123. The van der Waals surface area contributed by atoms with Gasteiger partial charge in [0.25, 0.3) is 0 Å². The molecule has 0 aliphatic carbocycles. The second-order valence-electron chi connectivity index (χ2n) is 4.31. The predicted octanol–water partition coefficient (Wildman–Crippen LogP) is -1.02. The van der Waals surface area contributed by atoms with E-state index in [4.69, 9.17) is 15.6 Å². The molecule has 1 aliphatic rings. The summed E-state index contributed by atoms with van der Waals surface area (Å²) >= 11 is 0. The van der Waals surface area contributed by atoms with E-state index in [9.17, 15) is 23.1 Å². The molecule has 2 heterocycles. The molecule has 1 aromatic heterocycles. The zero-order valence-corrected chi connectivity index (χ0v) is 10.4. The summed E-state index contributed by atoms with van der Waals surface area (Å²) in [5, 5.41) is 18.7. The van der Waals surface area contributed by atoms with Crippen LogP contribution < -0.4 is 11.4 Å². The van der Waals surface area contributed by atoms with Gasteiger partial charge in [-0.15, -0.1) is 13.2 Å². The fourth-order valence-electron chi connectivity index (χ4n) is 1.99. The van der Waals surface area contributed by atoms with Gasteiger partial charge in [0.05, 0.1) is 6.61 Å². The number of alkyl halides is 3. The highest BCUT2D eigenvalue weighted by molar-refractivity contribution is 5.23. The summed E-state index contributed by atoms with van der Waals surface area (Å²) in [5.74, 6) is -0.123. The Balaban J connectivity index is 2.36. The maximum atomic E-state index is 12.4. The van der Waals surface area contributed by atoms with Gasteiger partial charge in [0.15, 0.2) is 6.23 Å². The normalized spacial score (nSPS) is 29.8. The van der Waals surface area contributed by atoms with Crippen LogP contribution in [-0.2, 0) is 9.47 Å². The maximum Gasteiger partial charge on any atom is 0.523 e. The Hall–Kier alpha value is -1.69. The highest BCUT2D eigenvalue weighted by atomic mass is 19.4. The van der Waals surface area contributed by atoms with E-state index in [1.165, 1.54) is 6.07 Å². The largest absolute Gasteiger partial charge is 0.523 e. The lowest BCUT2D eigenvalue weighted by Gasteiger charge is -2.23. The van der Waals surface area contributed by atoms with Crippen molar-refractivity contribution >= 4 is 5.82 Å². The summed E-state index contributed by atoms with van der Waals surface area (Å²) in [5.41, 5.74) is 4.31. The number of rotatable bonds is 3. The molecule has 8 nitrogen and oxygen atoms in total. The van der Waals surface area contributed by atoms with Gasteiger partial charge in [-0.05, 0) is 6.07 Å². The number of ether oxygens (including phenoxy) is 2. The van der Waals surface area contributed by atoms with Crippen molar-refractivity contribution in [2.45, 2.75) is 30.9 Å². The number of halogens is 3. The van der Waals surface area contributed by atoms with Crippen LogP contribution in [-0.4, -0.2) is 51.0 Å². The monoisotopic (exact) mass is 311 g/mol. The molecule has 2 rings (SSSR count). The lowest BCUT2D eigenvalue weighted by molar-refractivity contribution is -0.355. The van der Waals surface area contributed by atoms with Gasteiger partial charge in [-0.25, -0.2) is 4.79 Å². The van der Waals surface area contributed by atoms with E-state index in [0.29, 0.717) is 4.57 Å². The van der Waals surface area contributed by atoms with Gasteiger partial charge in [0.2, 0.25) is 0 Å². The number of nitrogen functional groups attached to an aromatic ring is 1. The quantitative estimate of drug-likeness (QED) is 0.653. The van der Waals surface area contributed by atoms with Gasteiger partial charge < -0.3 is 20.7 Å². The van der Waals surface area contributed by atoms with E-state index in [1.807, 2.05) is 0 Å². The Labute approximate surface area is 115 Å². The summed E-state index contributed by atoms with van der Waals surface area (Å²) in [6.07, 6.45) is -10.6. The second-order valence-corrected chi connectivity index (χ2v) is 4.31. The Morgan fingerprint density at radius 1 is 1.52 bits per heavy atom. The number of hydrogen-bond acceptors (Lipinski definition) is 7. The third-order valence-electron chi connectivity index (χ3n) is 2.89. The van der Waals surface area contributed by atoms with Crippen LogP contribution >= 0.6 is 0 Å². The van der Waals surface area contributed by atoms with Crippen molar-refractivity contribution < 1.29 is 32.9 Å². The fraction of sp³-hybridized carbons (Fsp3) is 0.600. The van der Waals surface area contributed by atoms with E-state index in [1.54, 1.807) is 0 Å². The van der Waals surface area contributed by atoms with Crippen molar-refractivity contribution in [2.24, 2.45) is 0 Å². The van der Waals surface area contributed by atoms with Crippen LogP contribution in [0.1, 0.15) is 6.23 Å². The molecule has 0 saturated carbocycles. The first-order valence-electron chi connectivity index (χ1n) is 5.76. The molecule has 1 saturated heterocycles. The van der Waals surface area contributed by atoms with Crippen molar-refractivity contribution in [1.82, 2.24) is 9.55 Å². The number of aliphatic hydroxyl groups is 2. The molecule has 0 amide bonds. The molecule has 0 spiro atoms. The van der Waals surface area contributed by atoms with Crippen LogP contribution in [0.2, 0.25) is 0 Å². The predicted molar refractivity (Wildman–Crippen MR) is 60.8 cm³/mol. The number of nitrogens with zero attached hydrogens (tertiary/aromatic N) is 2. The zero-order valence-electron chi connectivity index (χ0n) is 10.4. The topological polar surface area (TPSA) is 120 Å². The van der Waals surface area contributed by atoms with Gasteiger partial charge in [0, 0.05) is 6.20 Å². The van der Waals surface area contributed by atoms with E-state index < -0.39 is 43.2 Å². The van der Waals surface area contributed by atoms with E-state index in [0.717, 1.165) is 6.20 Å². The molecular formula is C10H12F3N3O5. The van der Waals surface area contributed by atoms with Crippen molar-refractivity contribution in [2.75, 3.05) is 12.3 Å². The molecule has 1 aromatic rings. The van der Waals surface area contributed by atoms with E-state index in [2.05, 4.69) is 9.72 Å². The molecule has 1 aliphatic heterocycles. The Morgan fingerprint density at radius 2 is 2.19 bits per heavy atom. The molecule has 4 N–H and O–H groups in total. The van der Waals surface area contributed by atoms with Gasteiger partial charge in [0.1, 0.15) is 24.1 Å². The van der Waals surface area contributed by atoms with E-state index >= 15 is 0 Å². The lowest BCUT2D eigenvalue weighted by Crippen LogP contribution is -2.41. The second kappa shape index (κ2) is 5.60. The summed E-state index contributed by atoms with van der Waals surface area (Å²) < 4.78 is 46.7. The van der Waals surface area contributed by atoms with Gasteiger partial charge >= 0.3 is 12.1 Å². The minimum Gasteiger partial charge on any atom is -0.394 e. The molecule has 118 valence electrons. The Kier molecular flexibility index (Phi) is 4.18. The summed E-state index contributed by atoms with van der Waals surface area (Å²) in [6, 6.07) is 1.17. The molecule has 21 heavy (non-hydrogen) atoms. The molecule has 0 radical (unpaired) electrons. The smallest absolute Gasteiger partial charge is 0.394 e. The first-order valence-corrected chi connectivity index (χ1v) is 5.76. The highest BCUT2D eigenvalue weighted by Gasteiger charge is 2.50. The molecule has 0 aromatic carbocycles. The first-order chi connectivity index (χ1) is 9.73. The average molecular weight is 311 g/mol. The van der Waals surface area contributed by atoms with Crippen molar-refractivity contribution in [1.29, 1.82) is 0 Å². The van der Waals surface area contributed by atoms with Crippen LogP contribution in [0.5, 0.6) is 0 Å². The molecule has 2 unspecified atom stereocenters. The molecule has 11 heteroatoms. The number of aromatic nitrogens is 2. The molecular weight excluding hydrogens is 299 g/mol. The first kappa shape index (κ1) is 15.7. The summed E-state index contributed by atoms with van der Waals surface area (Å²) in [4.78, 5) is 15.0. The minimum atomic E-state index is -5.05. The van der Waals surface area contributed by atoms with Gasteiger partial charge in [-0.1, -0.05) is 0 Å². The maximum absolute atomic E-state index is 12.4. The molecule has 0 bridgehead atoms. The van der Waals surface area contributed by atoms with Crippen LogP contribution in [0.4, 0.5) is 19.0 Å². The van der Waals surface area contributed by atoms with Crippen molar-refractivity contribution in [3.05, 3.63) is 22.7 Å². The van der Waals surface area contributed by atoms with Crippen LogP contribution in [0.15, 0.2) is 17.1 Å². The number of nitrogens with two attached hydrogens (primary N) is 1. The van der Waals surface area contributed by atoms with Crippen LogP contribution in [0.25, 0.3) is 0 Å². The number of anilines is 1. The third-order valence-corrected chi connectivity index (χ3v) is 2.89. The average Bonchev–Trinajstić information content (AvgIpc) is 2.65. The number of aliphatic hydroxyl groups excluding tert-OH is 2. The summed E-state index contributed by atoms with van der Waals surface area (Å²) in [7, 11) is 0. The van der Waals surface area contributed by atoms with E-state index in [-0.39, 0.29) is 5.82 Å². The Bertz CT molecular complexity index is 564. The van der Waals surface area contributed by atoms with Crippen LogP contribution in [0.3, 0.4) is 0 Å². The zero-order chi connectivity index (χ0) is 15.8. The SMILES string of the molecule is Nc1ccn([C@@H]2O[C@H](CO)C(O)C2OC(F)(F)F)c(=O)n1. The third kappa shape index (κ3) is 3.32. The summed E-state index contributed by atoms with van der Waals surface area (Å²) in [6.45, 7) is -0.744. The Morgan fingerprint density at radius 3 is 2.71 bits per heavy atom. The molecule has 4 atom stereocenters. The number of hydrogen-bond donors (Lipinski definition) is 3.